The molecule has 2 heterocycles. The molecule has 0 fully saturated rings. The summed E-state index contributed by atoms with van der Waals surface area (Å²) < 4.78 is 21.6. The summed E-state index contributed by atoms with van der Waals surface area (Å²) in [7, 11) is 6.26. The standard InChI is InChI=1S/C23H23N3O5/c1-28-16-9-7-15(8-10-16)26-22(20-17(23(26)27)6-5-11-24-20)25-14-12-18(29-2)21(31-4)19(13-14)30-3/h5-13,22,25H,1-4H3. The van der Waals surface area contributed by atoms with Crippen LogP contribution in [0.4, 0.5) is 11.4 Å². The number of nitrogens with zero attached hydrogens (tertiary/aromatic N) is 2. The molecule has 160 valence electrons. The van der Waals surface area contributed by atoms with Gasteiger partial charge in [-0.15, -0.1) is 0 Å². The summed E-state index contributed by atoms with van der Waals surface area (Å²) in [6, 6.07) is 14.4. The summed E-state index contributed by atoms with van der Waals surface area (Å²) >= 11 is 0. The predicted molar refractivity (Wildman–Crippen MR) is 117 cm³/mol. The van der Waals surface area contributed by atoms with Gasteiger partial charge in [0.05, 0.1) is 39.7 Å². The molecule has 1 amide bonds. The zero-order valence-corrected chi connectivity index (χ0v) is 17.7. The summed E-state index contributed by atoms with van der Waals surface area (Å²) in [6.45, 7) is 0. The van der Waals surface area contributed by atoms with E-state index in [1.165, 1.54) is 0 Å². The Balaban J connectivity index is 1.77. The number of carbonyl (C=O) groups is 1. The third-order valence-electron chi connectivity index (χ3n) is 5.12. The van der Waals surface area contributed by atoms with E-state index in [2.05, 4.69) is 10.3 Å². The molecule has 8 nitrogen and oxygen atoms in total. The molecular formula is C23H23N3O5. The first-order valence-electron chi connectivity index (χ1n) is 9.60. The highest BCUT2D eigenvalue weighted by atomic mass is 16.5. The highest BCUT2D eigenvalue weighted by molar-refractivity contribution is 6.11. The first-order valence-corrected chi connectivity index (χ1v) is 9.60. The monoisotopic (exact) mass is 421 g/mol. The summed E-state index contributed by atoms with van der Waals surface area (Å²) in [6.07, 6.45) is 1.15. The van der Waals surface area contributed by atoms with Crippen molar-refractivity contribution in [2.45, 2.75) is 6.17 Å². The van der Waals surface area contributed by atoms with E-state index in [-0.39, 0.29) is 5.91 Å². The lowest BCUT2D eigenvalue weighted by molar-refractivity contribution is 0.0993. The number of hydrogen-bond acceptors (Lipinski definition) is 7. The number of hydrogen-bond donors (Lipinski definition) is 1. The van der Waals surface area contributed by atoms with E-state index >= 15 is 0 Å². The number of amides is 1. The average molecular weight is 421 g/mol. The number of pyridine rings is 1. The lowest BCUT2D eigenvalue weighted by Crippen LogP contribution is -2.32. The van der Waals surface area contributed by atoms with Crippen LogP contribution in [0.2, 0.25) is 0 Å². The van der Waals surface area contributed by atoms with E-state index in [1.54, 1.807) is 63.8 Å². The van der Waals surface area contributed by atoms with E-state index in [9.17, 15) is 4.79 Å². The quantitative estimate of drug-likeness (QED) is 0.620. The molecule has 31 heavy (non-hydrogen) atoms. The van der Waals surface area contributed by atoms with Crippen molar-refractivity contribution in [1.82, 2.24) is 4.98 Å². The van der Waals surface area contributed by atoms with Gasteiger partial charge in [-0.3, -0.25) is 14.7 Å². The van der Waals surface area contributed by atoms with Gasteiger partial charge in [-0.2, -0.15) is 0 Å². The fourth-order valence-corrected chi connectivity index (χ4v) is 3.65. The van der Waals surface area contributed by atoms with Crippen LogP contribution in [-0.2, 0) is 0 Å². The van der Waals surface area contributed by atoms with Crippen molar-refractivity contribution in [3.05, 3.63) is 66.0 Å². The lowest BCUT2D eigenvalue weighted by atomic mass is 10.2. The molecule has 0 saturated carbocycles. The Kier molecular flexibility index (Phi) is 5.53. The summed E-state index contributed by atoms with van der Waals surface area (Å²) in [4.78, 5) is 19.4. The molecule has 0 radical (unpaired) electrons. The fraction of sp³-hybridized carbons (Fsp3) is 0.217. The molecule has 2 aromatic carbocycles. The summed E-state index contributed by atoms with van der Waals surface area (Å²) in [5, 5.41) is 3.40. The molecule has 1 N–H and O–H groups in total. The number of aromatic nitrogens is 1. The van der Waals surface area contributed by atoms with Crippen molar-refractivity contribution in [3.63, 3.8) is 0 Å². The third-order valence-corrected chi connectivity index (χ3v) is 5.12. The van der Waals surface area contributed by atoms with Crippen LogP contribution in [0.3, 0.4) is 0 Å². The van der Waals surface area contributed by atoms with Crippen molar-refractivity contribution in [2.75, 3.05) is 38.7 Å². The molecular weight excluding hydrogens is 398 g/mol. The van der Waals surface area contributed by atoms with Crippen LogP contribution in [0.25, 0.3) is 0 Å². The molecule has 0 spiro atoms. The van der Waals surface area contributed by atoms with E-state index in [0.29, 0.717) is 45.6 Å². The second-order valence-corrected chi connectivity index (χ2v) is 6.77. The maximum Gasteiger partial charge on any atom is 0.262 e. The average Bonchev–Trinajstić information content (AvgIpc) is 3.09. The first kappa shape index (κ1) is 20.3. The number of anilines is 2. The van der Waals surface area contributed by atoms with Crippen LogP contribution in [0.1, 0.15) is 22.2 Å². The molecule has 1 aliphatic rings. The van der Waals surface area contributed by atoms with Crippen LogP contribution in [0.15, 0.2) is 54.7 Å². The van der Waals surface area contributed by atoms with Gasteiger partial charge in [0, 0.05) is 29.7 Å². The minimum Gasteiger partial charge on any atom is -0.497 e. The summed E-state index contributed by atoms with van der Waals surface area (Å²) in [5.41, 5.74) is 2.58. The number of ether oxygens (including phenoxy) is 4. The van der Waals surface area contributed by atoms with Crippen LogP contribution in [-0.4, -0.2) is 39.3 Å². The zero-order valence-electron chi connectivity index (χ0n) is 17.7. The highest BCUT2D eigenvalue weighted by Gasteiger charge is 2.39. The SMILES string of the molecule is COc1ccc(N2C(=O)c3cccnc3C2Nc2cc(OC)c(OC)c(OC)c2)cc1. The number of carbonyl (C=O) groups excluding carboxylic acids is 1. The van der Waals surface area contributed by atoms with Gasteiger partial charge in [0.15, 0.2) is 17.7 Å². The number of nitrogens with one attached hydrogen (secondary N) is 1. The van der Waals surface area contributed by atoms with Crippen LogP contribution in [0, 0.1) is 0 Å². The van der Waals surface area contributed by atoms with Gasteiger partial charge < -0.3 is 24.3 Å². The Labute approximate surface area is 180 Å². The van der Waals surface area contributed by atoms with E-state index in [4.69, 9.17) is 18.9 Å². The largest absolute Gasteiger partial charge is 0.497 e. The maximum absolute atomic E-state index is 13.2. The molecule has 0 bridgehead atoms. The minimum atomic E-state index is -0.528. The van der Waals surface area contributed by atoms with Gasteiger partial charge in [-0.1, -0.05) is 0 Å². The zero-order chi connectivity index (χ0) is 22.0. The van der Waals surface area contributed by atoms with Crippen molar-refractivity contribution in [3.8, 4) is 23.0 Å². The van der Waals surface area contributed by atoms with Gasteiger partial charge >= 0.3 is 0 Å². The first-order chi connectivity index (χ1) is 15.1. The van der Waals surface area contributed by atoms with Gasteiger partial charge in [0.2, 0.25) is 5.75 Å². The molecule has 3 aromatic rings. The van der Waals surface area contributed by atoms with E-state index < -0.39 is 6.17 Å². The fourth-order valence-electron chi connectivity index (χ4n) is 3.65. The van der Waals surface area contributed by atoms with Crippen LogP contribution < -0.4 is 29.2 Å². The minimum absolute atomic E-state index is 0.141. The van der Waals surface area contributed by atoms with Gasteiger partial charge in [0.1, 0.15) is 5.75 Å². The Morgan fingerprint density at radius 2 is 1.58 bits per heavy atom. The number of fused-ring (bicyclic) bond motifs is 1. The normalized spacial score (nSPS) is 14.8. The van der Waals surface area contributed by atoms with Gasteiger partial charge in [-0.25, -0.2) is 0 Å². The smallest absolute Gasteiger partial charge is 0.262 e. The number of methoxy groups -OCH3 is 4. The van der Waals surface area contributed by atoms with Gasteiger partial charge in [-0.05, 0) is 36.4 Å². The number of benzene rings is 2. The molecule has 1 aliphatic heterocycles. The highest BCUT2D eigenvalue weighted by Crippen LogP contribution is 2.43. The second-order valence-electron chi connectivity index (χ2n) is 6.77. The molecule has 1 atom stereocenters. The second kappa shape index (κ2) is 8.43. The van der Waals surface area contributed by atoms with Crippen molar-refractivity contribution in [1.29, 1.82) is 0 Å². The number of rotatable bonds is 7. The molecule has 1 unspecified atom stereocenters. The Hall–Kier alpha value is -3.94. The topological polar surface area (TPSA) is 82.2 Å². The van der Waals surface area contributed by atoms with Crippen molar-refractivity contribution in [2.24, 2.45) is 0 Å². The lowest BCUT2D eigenvalue weighted by Gasteiger charge is -2.27. The van der Waals surface area contributed by atoms with E-state index in [0.717, 1.165) is 0 Å². The molecule has 0 aliphatic carbocycles. The van der Waals surface area contributed by atoms with Crippen LogP contribution >= 0.6 is 0 Å². The molecule has 4 rings (SSSR count). The Bertz CT molecular complexity index is 1080. The summed E-state index contributed by atoms with van der Waals surface area (Å²) in [5.74, 6) is 2.07. The van der Waals surface area contributed by atoms with E-state index in [1.807, 2.05) is 24.3 Å². The van der Waals surface area contributed by atoms with Crippen molar-refractivity contribution < 1.29 is 23.7 Å². The van der Waals surface area contributed by atoms with Crippen molar-refractivity contribution >= 4 is 17.3 Å². The Morgan fingerprint density at radius 3 is 2.16 bits per heavy atom. The third kappa shape index (κ3) is 3.56. The molecule has 1 aromatic heterocycles. The molecule has 0 saturated heterocycles. The van der Waals surface area contributed by atoms with Crippen LogP contribution in [0.5, 0.6) is 23.0 Å². The predicted octanol–water partition coefficient (Wildman–Crippen LogP) is 3.89. The maximum atomic E-state index is 13.2. The Morgan fingerprint density at radius 1 is 0.903 bits per heavy atom. The molecule has 8 heteroatoms. The van der Waals surface area contributed by atoms with Gasteiger partial charge in [0.25, 0.3) is 5.91 Å².